The SMILES string of the molecule is Cc1ncsc1-c1ccc(CNC(=O)[C@@H]2C[C@@H](O)CN2C(=O)CNC(=O)CN2CCN(C3CCN(c4ccc(C(=O)c5c(-c6ccc(O)cc6)sc6cc(O)ccc56)cc4)CC3)CC2)cc1. The normalized spacial score (nSPS) is 18.5. The molecule has 0 spiro atoms. The maximum absolute atomic E-state index is 14.1. The van der Waals surface area contributed by atoms with Crippen LogP contribution in [0.15, 0.2) is 96.5 Å². The molecule has 3 aliphatic heterocycles. The van der Waals surface area contributed by atoms with Gasteiger partial charge in [0.1, 0.15) is 17.5 Å². The van der Waals surface area contributed by atoms with Gasteiger partial charge in [-0.25, -0.2) is 4.98 Å². The summed E-state index contributed by atoms with van der Waals surface area (Å²) in [4.78, 5) is 68.1. The Labute approximate surface area is 391 Å². The molecule has 6 aromatic rings. The summed E-state index contributed by atoms with van der Waals surface area (Å²) < 4.78 is 0.813. The van der Waals surface area contributed by atoms with Gasteiger partial charge in [-0.05, 0) is 103 Å². The third-order valence-electron chi connectivity index (χ3n) is 13.0. The first-order chi connectivity index (χ1) is 32.0. The van der Waals surface area contributed by atoms with Crippen LogP contribution in [0.2, 0.25) is 0 Å². The van der Waals surface area contributed by atoms with Gasteiger partial charge in [-0.1, -0.05) is 24.3 Å². The maximum Gasteiger partial charge on any atom is 0.243 e. The van der Waals surface area contributed by atoms with Crippen LogP contribution < -0.4 is 15.5 Å². The number of anilines is 1. The van der Waals surface area contributed by atoms with E-state index in [0.29, 0.717) is 17.2 Å². The second-order valence-corrected chi connectivity index (χ2v) is 19.3. The van der Waals surface area contributed by atoms with Crippen LogP contribution in [0.1, 0.15) is 46.4 Å². The molecule has 3 amide bonds. The van der Waals surface area contributed by atoms with Crippen LogP contribution in [0.3, 0.4) is 0 Å². The number of likely N-dealkylation sites (tertiary alicyclic amines) is 1. The number of piperazine rings is 1. The van der Waals surface area contributed by atoms with Crippen molar-refractivity contribution < 1.29 is 34.5 Å². The lowest BCUT2D eigenvalue weighted by Gasteiger charge is -2.43. The Kier molecular flexibility index (Phi) is 13.5. The summed E-state index contributed by atoms with van der Waals surface area (Å²) in [6, 6.07) is 27.2. The molecule has 0 saturated carbocycles. The highest BCUT2D eigenvalue weighted by atomic mass is 32.1. The van der Waals surface area contributed by atoms with Crippen molar-refractivity contribution in [2.75, 3.05) is 63.8 Å². The number of aliphatic hydroxyl groups excluding tert-OH is 1. The third-order valence-corrected chi connectivity index (χ3v) is 15.2. The minimum Gasteiger partial charge on any atom is -0.508 e. The van der Waals surface area contributed by atoms with Crippen LogP contribution in [0, 0.1) is 6.92 Å². The van der Waals surface area contributed by atoms with Crippen molar-refractivity contribution in [2.24, 2.45) is 0 Å². The zero-order chi connectivity index (χ0) is 45.9. The number of phenolic OH excluding ortho intramolecular Hbond substituents is 2. The number of aromatic hydroxyl groups is 2. The van der Waals surface area contributed by atoms with E-state index in [2.05, 4.69) is 30.3 Å². The van der Waals surface area contributed by atoms with E-state index in [-0.39, 0.29) is 61.7 Å². The molecule has 342 valence electrons. The van der Waals surface area contributed by atoms with E-state index in [4.69, 9.17) is 0 Å². The maximum atomic E-state index is 14.1. The number of ketones is 1. The molecule has 14 nitrogen and oxygen atoms in total. The van der Waals surface area contributed by atoms with Crippen LogP contribution >= 0.6 is 22.7 Å². The molecule has 3 saturated heterocycles. The summed E-state index contributed by atoms with van der Waals surface area (Å²) in [6.07, 6.45) is 1.32. The van der Waals surface area contributed by atoms with Crippen LogP contribution in [0.25, 0.3) is 31.0 Å². The number of piperidine rings is 1. The predicted molar refractivity (Wildman–Crippen MR) is 257 cm³/mol. The number of thiazole rings is 1. The molecule has 5 heterocycles. The quantitative estimate of drug-likeness (QED) is 0.0909. The molecule has 0 unspecified atom stereocenters. The number of hydrogen-bond donors (Lipinski definition) is 5. The average molecular weight is 928 g/mol. The van der Waals surface area contributed by atoms with Gasteiger partial charge in [-0.2, -0.15) is 0 Å². The van der Waals surface area contributed by atoms with E-state index < -0.39 is 18.1 Å². The molecular formula is C50H53N7O7S2. The van der Waals surface area contributed by atoms with Gasteiger partial charge in [0.2, 0.25) is 17.7 Å². The fourth-order valence-corrected chi connectivity index (χ4v) is 11.5. The largest absolute Gasteiger partial charge is 0.508 e. The van der Waals surface area contributed by atoms with E-state index in [9.17, 15) is 34.5 Å². The van der Waals surface area contributed by atoms with Gasteiger partial charge in [-0.15, -0.1) is 22.7 Å². The molecular weight excluding hydrogens is 875 g/mol. The van der Waals surface area contributed by atoms with Gasteiger partial charge in [0.25, 0.3) is 0 Å². The number of aliphatic hydroxyl groups is 1. The molecule has 0 aliphatic carbocycles. The lowest BCUT2D eigenvalue weighted by molar-refractivity contribution is -0.139. The van der Waals surface area contributed by atoms with E-state index in [1.54, 1.807) is 53.8 Å². The lowest BCUT2D eigenvalue weighted by Crippen LogP contribution is -2.55. The number of benzene rings is 4. The highest BCUT2D eigenvalue weighted by molar-refractivity contribution is 7.22. The number of aromatic nitrogens is 1. The molecule has 0 bridgehead atoms. The molecule has 3 fully saturated rings. The number of thiophene rings is 1. The Hall–Kier alpha value is -6.17. The molecule has 2 atom stereocenters. The van der Waals surface area contributed by atoms with Gasteiger partial charge in [0.15, 0.2) is 5.78 Å². The van der Waals surface area contributed by atoms with Gasteiger partial charge in [0.05, 0.1) is 35.3 Å². The van der Waals surface area contributed by atoms with E-state index in [1.807, 2.05) is 61.0 Å². The summed E-state index contributed by atoms with van der Waals surface area (Å²) in [5, 5.41) is 36.9. The summed E-state index contributed by atoms with van der Waals surface area (Å²) in [7, 11) is 0. The molecule has 66 heavy (non-hydrogen) atoms. The van der Waals surface area contributed by atoms with Crippen molar-refractivity contribution in [3.8, 4) is 32.4 Å². The number of hydrogen-bond acceptors (Lipinski definition) is 13. The number of β-amino-alcohol motifs (C(OH)–C–C–N with tert-alkyl or cyclic N) is 1. The molecule has 5 N–H and O–H groups in total. The molecule has 16 heteroatoms. The Balaban J connectivity index is 0.707. The number of rotatable bonds is 13. The Morgan fingerprint density at radius 2 is 1.47 bits per heavy atom. The topological polar surface area (TPSA) is 179 Å². The van der Waals surface area contributed by atoms with Crippen LogP contribution in [0.4, 0.5) is 5.69 Å². The van der Waals surface area contributed by atoms with Crippen LogP contribution in [0.5, 0.6) is 11.5 Å². The highest BCUT2D eigenvalue weighted by Crippen LogP contribution is 2.42. The first kappa shape index (κ1) is 45.0. The van der Waals surface area contributed by atoms with Crippen molar-refractivity contribution in [3.05, 3.63) is 119 Å². The predicted octanol–water partition coefficient (Wildman–Crippen LogP) is 5.62. The van der Waals surface area contributed by atoms with E-state index >= 15 is 0 Å². The lowest BCUT2D eigenvalue weighted by atomic mass is 9.97. The monoisotopic (exact) mass is 927 g/mol. The smallest absolute Gasteiger partial charge is 0.243 e. The number of carbonyl (C=O) groups excluding carboxylic acids is 4. The number of nitrogens with zero attached hydrogens (tertiary/aromatic N) is 5. The summed E-state index contributed by atoms with van der Waals surface area (Å²) >= 11 is 3.02. The minimum atomic E-state index is -0.819. The number of fused-ring (bicyclic) bond motifs is 1. The second kappa shape index (κ2) is 19.7. The number of nitrogens with one attached hydrogen (secondary N) is 2. The van der Waals surface area contributed by atoms with E-state index in [0.717, 1.165) is 100 Å². The van der Waals surface area contributed by atoms with Crippen molar-refractivity contribution >= 4 is 62.0 Å². The molecule has 3 aliphatic rings. The van der Waals surface area contributed by atoms with Crippen molar-refractivity contribution in [1.82, 2.24) is 30.3 Å². The standard InChI is InChI=1S/C50H53N7O7S2/c1-31-48(65-30-53-31)34-4-2-32(3-5-34)26-52-50(64)42-24-40(60)28-57(42)45(62)27-51-44(61)29-54-20-22-56(23-21-54)37-16-18-55(19-17-37)36-10-6-33(7-11-36)47(63)46-41-15-14-39(59)25-43(41)66-49(46)35-8-12-38(58)13-9-35/h2-15,25,30,37,40,42,58-60H,16-24,26-29H2,1H3,(H,51,61)(H,52,64)/t40-,42+/m1/s1. The van der Waals surface area contributed by atoms with Crippen LogP contribution in [-0.2, 0) is 20.9 Å². The number of aryl methyl sites for hydroxylation is 1. The third kappa shape index (κ3) is 9.98. The number of carbonyl (C=O) groups is 4. The fourth-order valence-electron chi connectivity index (χ4n) is 9.40. The summed E-state index contributed by atoms with van der Waals surface area (Å²) in [6.45, 7) is 7.16. The van der Waals surface area contributed by atoms with Crippen molar-refractivity contribution in [2.45, 2.75) is 50.9 Å². The Bertz CT molecular complexity index is 2710. The van der Waals surface area contributed by atoms with Gasteiger partial charge in [-0.3, -0.25) is 29.0 Å². The molecule has 2 aromatic heterocycles. The van der Waals surface area contributed by atoms with Gasteiger partial charge < -0.3 is 35.8 Å². The van der Waals surface area contributed by atoms with Crippen molar-refractivity contribution in [3.63, 3.8) is 0 Å². The average Bonchev–Trinajstić information content (AvgIpc) is 4.06. The fraction of sp³-hybridized carbons (Fsp3) is 0.340. The summed E-state index contributed by atoms with van der Waals surface area (Å²) in [5.74, 6) is -0.803. The first-order valence-corrected chi connectivity index (χ1v) is 24.1. The summed E-state index contributed by atoms with van der Waals surface area (Å²) in [5.41, 5.74) is 7.82. The highest BCUT2D eigenvalue weighted by Gasteiger charge is 2.39. The Morgan fingerprint density at radius 1 is 0.788 bits per heavy atom. The minimum absolute atomic E-state index is 0.0377. The van der Waals surface area contributed by atoms with E-state index in [1.165, 1.54) is 16.2 Å². The van der Waals surface area contributed by atoms with Gasteiger partial charge >= 0.3 is 0 Å². The molecule has 4 aromatic carbocycles. The zero-order valence-corrected chi connectivity index (χ0v) is 38.3. The first-order valence-electron chi connectivity index (χ1n) is 22.4. The number of phenols is 2. The molecule has 9 rings (SSSR count). The van der Waals surface area contributed by atoms with Gasteiger partial charge in [0, 0.05) is 96.6 Å². The van der Waals surface area contributed by atoms with Crippen molar-refractivity contribution in [1.29, 1.82) is 0 Å². The number of amides is 3. The zero-order valence-electron chi connectivity index (χ0n) is 36.7. The Morgan fingerprint density at radius 3 is 2.17 bits per heavy atom. The van der Waals surface area contributed by atoms with Crippen LogP contribution in [-0.4, -0.2) is 136 Å². The second-order valence-electron chi connectivity index (χ2n) is 17.3. The molecule has 0 radical (unpaired) electrons.